The van der Waals surface area contributed by atoms with Crippen LogP contribution < -0.4 is 15.5 Å². The summed E-state index contributed by atoms with van der Waals surface area (Å²) in [6.07, 6.45) is 1.74. The van der Waals surface area contributed by atoms with Gasteiger partial charge < -0.3 is 20.3 Å². The number of rotatable bonds is 7. The molecular formula is C19H24N4O5. The van der Waals surface area contributed by atoms with Crippen molar-refractivity contribution in [3.63, 3.8) is 0 Å². The Labute approximate surface area is 163 Å². The highest BCUT2D eigenvalue weighted by molar-refractivity contribution is 6.09. The minimum Gasteiger partial charge on any atom is -0.454 e. The van der Waals surface area contributed by atoms with Gasteiger partial charge in [0.1, 0.15) is 12.1 Å². The number of amides is 4. The van der Waals surface area contributed by atoms with E-state index >= 15 is 0 Å². The maximum absolute atomic E-state index is 12.5. The first kappa shape index (κ1) is 19.7. The second-order valence-electron chi connectivity index (χ2n) is 7.45. The summed E-state index contributed by atoms with van der Waals surface area (Å²) in [4.78, 5) is 51.2. The normalized spacial score (nSPS) is 21.3. The third kappa shape index (κ3) is 4.08. The Morgan fingerprint density at radius 1 is 1.25 bits per heavy atom. The summed E-state index contributed by atoms with van der Waals surface area (Å²) >= 11 is 0. The topological polar surface area (TPSA) is 108 Å². The van der Waals surface area contributed by atoms with Crippen LogP contribution in [0.15, 0.2) is 24.3 Å². The van der Waals surface area contributed by atoms with Crippen LogP contribution >= 0.6 is 0 Å². The number of esters is 1. The van der Waals surface area contributed by atoms with E-state index in [1.54, 1.807) is 19.1 Å². The SMILES string of the molecule is CN(C)c1ccc(NC(=O)COC(=O)CN2C(=O)N[C@](C)(C3CC3)C2=O)cc1. The predicted octanol–water partition coefficient (Wildman–Crippen LogP) is 0.955. The van der Waals surface area contributed by atoms with Gasteiger partial charge in [0.15, 0.2) is 6.61 Å². The molecule has 2 aliphatic rings. The quantitative estimate of drug-likeness (QED) is 0.532. The number of hydrogen-bond acceptors (Lipinski definition) is 6. The molecule has 9 heteroatoms. The van der Waals surface area contributed by atoms with Gasteiger partial charge in [-0.2, -0.15) is 0 Å². The minimum atomic E-state index is -0.951. The number of hydrogen-bond donors (Lipinski definition) is 2. The van der Waals surface area contributed by atoms with Gasteiger partial charge in [0.05, 0.1) is 0 Å². The average Bonchev–Trinajstić information content (AvgIpc) is 3.47. The lowest BCUT2D eigenvalue weighted by atomic mass is 9.96. The Morgan fingerprint density at radius 3 is 2.46 bits per heavy atom. The van der Waals surface area contributed by atoms with Crippen LogP contribution in [0.2, 0.25) is 0 Å². The van der Waals surface area contributed by atoms with E-state index in [1.165, 1.54) is 0 Å². The van der Waals surface area contributed by atoms with E-state index in [0.29, 0.717) is 5.69 Å². The van der Waals surface area contributed by atoms with Crippen molar-refractivity contribution in [1.82, 2.24) is 10.2 Å². The number of nitrogens with zero attached hydrogens (tertiary/aromatic N) is 2. The maximum Gasteiger partial charge on any atom is 0.326 e. The molecule has 0 aromatic heterocycles. The molecule has 4 amide bonds. The number of anilines is 2. The fourth-order valence-electron chi connectivity index (χ4n) is 3.16. The highest BCUT2D eigenvalue weighted by Gasteiger charge is 2.56. The summed E-state index contributed by atoms with van der Waals surface area (Å²) < 4.78 is 4.91. The summed E-state index contributed by atoms with van der Waals surface area (Å²) in [5, 5.41) is 5.27. The molecule has 0 bridgehead atoms. The smallest absolute Gasteiger partial charge is 0.326 e. The molecule has 1 aromatic carbocycles. The number of imide groups is 1. The van der Waals surface area contributed by atoms with E-state index < -0.39 is 42.5 Å². The van der Waals surface area contributed by atoms with E-state index in [4.69, 9.17) is 4.74 Å². The van der Waals surface area contributed by atoms with Gasteiger partial charge in [-0.25, -0.2) is 4.79 Å². The van der Waals surface area contributed by atoms with Crippen LogP contribution in [-0.2, 0) is 19.1 Å². The fraction of sp³-hybridized carbons (Fsp3) is 0.474. The van der Waals surface area contributed by atoms with Gasteiger partial charge in [-0.3, -0.25) is 19.3 Å². The molecule has 2 N–H and O–H groups in total. The first-order valence-electron chi connectivity index (χ1n) is 9.07. The van der Waals surface area contributed by atoms with Crippen molar-refractivity contribution < 1.29 is 23.9 Å². The second-order valence-corrected chi connectivity index (χ2v) is 7.45. The van der Waals surface area contributed by atoms with Crippen molar-refractivity contribution in [3.8, 4) is 0 Å². The number of carbonyl (C=O) groups is 4. The Balaban J connectivity index is 1.47. The van der Waals surface area contributed by atoms with Crippen molar-refractivity contribution in [1.29, 1.82) is 0 Å². The molecule has 0 spiro atoms. The van der Waals surface area contributed by atoms with Gasteiger partial charge in [-0.1, -0.05) is 0 Å². The number of carbonyl (C=O) groups excluding carboxylic acids is 4. The lowest BCUT2D eigenvalue weighted by Crippen LogP contribution is -2.46. The van der Waals surface area contributed by atoms with Gasteiger partial charge in [-0.05, 0) is 49.9 Å². The first-order valence-corrected chi connectivity index (χ1v) is 9.07. The van der Waals surface area contributed by atoms with Crippen LogP contribution in [0.4, 0.5) is 16.2 Å². The molecule has 1 aliphatic carbocycles. The molecule has 9 nitrogen and oxygen atoms in total. The largest absolute Gasteiger partial charge is 0.454 e. The number of ether oxygens (including phenoxy) is 1. The van der Waals surface area contributed by atoms with Gasteiger partial charge in [0.2, 0.25) is 0 Å². The molecule has 0 unspecified atom stereocenters. The number of nitrogens with one attached hydrogen (secondary N) is 2. The number of benzene rings is 1. The van der Waals surface area contributed by atoms with Crippen LogP contribution in [0.1, 0.15) is 19.8 Å². The van der Waals surface area contributed by atoms with Crippen LogP contribution in [0.5, 0.6) is 0 Å². The maximum atomic E-state index is 12.5. The van der Waals surface area contributed by atoms with Crippen molar-refractivity contribution >= 4 is 35.2 Å². The summed E-state index contributed by atoms with van der Waals surface area (Å²) in [6, 6.07) is 6.55. The molecule has 1 aromatic rings. The van der Waals surface area contributed by atoms with Crippen molar-refractivity contribution in [2.45, 2.75) is 25.3 Å². The molecule has 3 rings (SSSR count). The molecule has 150 valence electrons. The monoisotopic (exact) mass is 388 g/mol. The Hall–Kier alpha value is -3.10. The lowest BCUT2D eigenvalue weighted by Gasteiger charge is -2.20. The van der Waals surface area contributed by atoms with E-state index in [-0.39, 0.29) is 5.92 Å². The highest BCUT2D eigenvalue weighted by atomic mass is 16.5. The Kier molecular flexibility index (Phi) is 5.26. The van der Waals surface area contributed by atoms with E-state index in [1.807, 2.05) is 31.1 Å². The molecule has 28 heavy (non-hydrogen) atoms. The molecule has 0 radical (unpaired) electrons. The van der Waals surface area contributed by atoms with Crippen molar-refractivity contribution in [2.75, 3.05) is 37.5 Å². The Morgan fingerprint density at radius 2 is 1.89 bits per heavy atom. The van der Waals surface area contributed by atoms with Crippen LogP contribution in [0.3, 0.4) is 0 Å². The summed E-state index contributed by atoms with van der Waals surface area (Å²) in [5.41, 5.74) is 0.602. The van der Waals surface area contributed by atoms with Crippen LogP contribution in [-0.4, -0.2) is 61.5 Å². The van der Waals surface area contributed by atoms with Crippen molar-refractivity contribution in [3.05, 3.63) is 24.3 Å². The molecular weight excluding hydrogens is 364 g/mol. The summed E-state index contributed by atoms with van der Waals surface area (Å²) in [6.45, 7) is 0.654. The van der Waals surface area contributed by atoms with E-state index in [0.717, 1.165) is 23.4 Å². The van der Waals surface area contributed by atoms with E-state index in [2.05, 4.69) is 10.6 Å². The predicted molar refractivity (Wildman–Crippen MR) is 102 cm³/mol. The molecule has 1 saturated heterocycles. The average molecular weight is 388 g/mol. The fourth-order valence-corrected chi connectivity index (χ4v) is 3.16. The van der Waals surface area contributed by atoms with E-state index in [9.17, 15) is 19.2 Å². The second kappa shape index (κ2) is 7.49. The zero-order valence-corrected chi connectivity index (χ0v) is 16.2. The zero-order chi connectivity index (χ0) is 20.5. The molecule has 1 saturated carbocycles. The minimum absolute atomic E-state index is 0.106. The molecule has 1 atom stereocenters. The van der Waals surface area contributed by atoms with Gasteiger partial charge in [0.25, 0.3) is 11.8 Å². The van der Waals surface area contributed by atoms with Gasteiger partial charge in [0, 0.05) is 25.5 Å². The molecule has 1 heterocycles. The summed E-state index contributed by atoms with van der Waals surface area (Å²) in [7, 11) is 3.82. The standard InChI is InChI=1S/C19H24N4O5/c1-19(12-4-5-12)17(26)23(18(27)21-19)10-16(25)28-11-15(24)20-13-6-8-14(9-7-13)22(2)3/h6-9,12H,4-5,10-11H2,1-3H3,(H,20,24)(H,21,27)/t19-/m1/s1. The first-order chi connectivity index (χ1) is 13.2. The van der Waals surface area contributed by atoms with Crippen LogP contribution in [0, 0.1) is 5.92 Å². The molecule has 2 fully saturated rings. The van der Waals surface area contributed by atoms with Crippen LogP contribution in [0.25, 0.3) is 0 Å². The third-order valence-electron chi connectivity index (χ3n) is 5.01. The van der Waals surface area contributed by atoms with Gasteiger partial charge >= 0.3 is 12.0 Å². The highest BCUT2D eigenvalue weighted by Crippen LogP contribution is 2.42. The Bertz CT molecular complexity index is 803. The summed E-state index contributed by atoms with van der Waals surface area (Å²) in [5.74, 6) is -1.65. The van der Waals surface area contributed by atoms with Gasteiger partial charge in [-0.15, -0.1) is 0 Å². The molecule has 1 aliphatic heterocycles. The number of urea groups is 1. The lowest BCUT2D eigenvalue weighted by molar-refractivity contribution is -0.150. The third-order valence-corrected chi connectivity index (χ3v) is 5.01. The zero-order valence-electron chi connectivity index (χ0n) is 16.2. The van der Waals surface area contributed by atoms with Crippen molar-refractivity contribution in [2.24, 2.45) is 5.92 Å².